The first-order valence-corrected chi connectivity index (χ1v) is 9.16. The predicted molar refractivity (Wildman–Crippen MR) is 91.1 cm³/mol. The Hall–Kier alpha value is -0.980. The molecule has 4 nitrogen and oxygen atoms in total. The van der Waals surface area contributed by atoms with Gasteiger partial charge in [-0.1, -0.05) is 49.0 Å². The van der Waals surface area contributed by atoms with E-state index in [-0.39, 0.29) is 22.3 Å². The van der Waals surface area contributed by atoms with Gasteiger partial charge in [-0.2, -0.15) is 0 Å². The van der Waals surface area contributed by atoms with E-state index >= 15 is 0 Å². The van der Waals surface area contributed by atoms with Crippen molar-refractivity contribution in [3.8, 4) is 0 Å². The van der Waals surface area contributed by atoms with Crippen LogP contribution in [0.15, 0.2) is 30.3 Å². The average Bonchev–Trinajstić information content (AvgIpc) is 2.71. The number of amides is 1. The Bertz CT molecular complexity index is 620. The quantitative estimate of drug-likeness (QED) is 0.859. The van der Waals surface area contributed by atoms with Crippen molar-refractivity contribution >= 4 is 34.5 Å². The molecule has 0 bridgehead atoms. The summed E-state index contributed by atoms with van der Waals surface area (Å²) in [4.78, 5) is 26.6. The van der Waals surface area contributed by atoms with Crippen LogP contribution in [0.3, 0.4) is 0 Å². The summed E-state index contributed by atoms with van der Waals surface area (Å²) >= 11 is 2.83. The lowest BCUT2D eigenvalue weighted by atomic mass is 9.88. The van der Waals surface area contributed by atoms with Crippen LogP contribution in [0.25, 0.3) is 0 Å². The van der Waals surface area contributed by atoms with E-state index < -0.39 is 10.4 Å². The Kier molecular flexibility index (Phi) is 3.82. The lowest BCUT2D eigenvalue weighted by Crippen LogP contribution is -2.73. The van der Waals surface area contributed by atoms with Crippen LogP contribution in [0.4, 0.5) is 0 Å². The highest BCUT2D eigenvalue weighted by Crippen LogP contribution is 2.57. The number of fused-ring (bicyclic) bond motifs is 1. The van der Waals surface area contributed by atoms with Gasteiger partial charge in [-0.05, 0) is 19.4 Å². The number of carbonyl (C=O) groups is 2. The van der Waals surface area contributed by atoms with Crippen LogP contribution in [0.2, 0.25) is 0 Å². The second kappa shape index (κ2) is 5.28. The van der Waals surface area contributed by atoms with Crippen LogP contribution in [-0.2, 0) is 15.3 Å². The van der Waals surface area contributed by atoms with Crippen LogP contribution >= 0.6 is 23.5 Å². The van der Waals surface area contributed by atoms with Gasteiger partial charge in [0.15, 0.2) is 5.66 Å². The summed E-state index contributed by atoms with van der Waals surface area (Å²) in [5.41, 5.74) is 6.34. The molecule has 0 aromatic heterocycles. The molecule has 2 heterocycles. The van der Waals surface area contributed by atoms with Crippen LogP contribution < -0.4 is 5.73 Å². The molecule has 0 aliphatic carbocycles. The number of nitrogens with zero attached hydrogens (tertiary/aromatic N) is 1. The van der Waals surface area contributed by atoms with Gasteiger partial charge < -0.3 is 10.6 Å². The fourth-order valence-corrected chi connectivity index (χ4v) is 5.80. The SMILES string of the molecule is C[C@H]1C(=O)N2[C@@H]1SC(C)(C)[C@]2(N)C(=O)SCc1ccccc1. The number of thioether (sulfide) groups is 2. The normalized spacial score (nSPS) is 32.5. The molecule has 3 atom stereocenters. The Morgan fingerprint density at radius 3 is 2.64 bits per heavy atom. The zero-order valence-corrected chi connectivity index (χ0v) is 14.5. The van der Waals surface area contributed by atoms with E-state index in [0.717, 1.165) is 5.56 Å². The second-order valence-corrected chi connectivity index (χ2v) is 9.03. The number of β-lactam (4-membered cyclic amide) rings is 1. The van der Waals surface area contributed by atoms with E-state index in [1.165, 1.54) is 11.8 Å². The number of carbonyl (C=O) groups excluding carboxylic acids is 2. The van der Waals surface area contributed by atoms with Crippen LogP contribution in [0, 0.1) is 5.92 Å². The van der Waals surface area contributed by atoms with Gasteiger partial charge in [-0.25, -0.2) is 0 Å². The molecular weight excluding hydrogens is 316 g/mol. The summed E-state index contributed by atoms with van der Waals surface area (Å²) in [7, 11) is 0. The summed E-state index contributed by atoms with van der Waals surface area (Å²) in [6, 6.07) is 9.81. The molecule has 1 aromatic rings. The third-order valence-corrected chi connectivity index (χ3v) is 7.36. The highest BCUT2D eigenvalue weighted by atomic mass is 32.2. The number of hydrogen-bond acceptors (Lipinski definition) is 5. The van der Waals surface area contributed by atoms with Crippen molar-refractivity contribution in [1.29, 1.82) is 0 Å². The summed E-state index contributed by atoms with van der Waals surface area (Å²) < 4.78 is -0.487. The molecule has 0 spiro atoms. The molecule has 1 aromatic carbocycles. The van der Waals surface area contributed by atoms with Gasteiger partial charge in [0.25, 0.3) is 0 Å². The topological polar surface area (TPSA) is 63.4 Å². The van der Waals surface area contributed by atoms with Gasteiger partial charge in [0.1, 0.15) is 0 Å². The summed E-state index contributed by atoms with van der Waals surface area (Å²) in [6.45, 7) is 5.81. The molecule has 22 heavy (non-hydrogen) atoms. The first-order valence-electron chi connectivity index (χ1n) is 7.30. The largest absolute Gasteiger partial charge is 0.302 e. The minimum atomic E-state index is -1.23. The Labute approximate surface area is 139 Å². The maximum atomic E-state index is 12.8. The molecule has 1 amide bonds. The molecule has 2 aliphatic heterocycles. The molecule has 3 rings (SSSR count). The third-order valence-electron chi connectivity index (χ3n) is 4.55. The van der Waals surface area contributed by atoms with Crippen molar-refractivity contribution in [2.45, 2.75) is 42.3 Å². The molecule has 2 fully saturated rings. The van der Waals surface area contributed by atoms with E-state index in [1.807, 2.05) is 51.1 Å². The van der Waals surface area contributed by atoms with Crippen molar-refractivity contribution < 1.29 is 9.59 Å². The number of rotatable bonds is 3. The fourth-order valence-electron chi connectivity index (χ4n) is 3.00. The first-order chi connectivity index (χ1) is 10.3. The van der Waals surface area contributed by atoms with Crippen molar-refractivity contribution in [2.24, 2.45) is 11.7 Å². The Morgan fingerprint density at radius 1 is 1.36 bits per heavy atom. The Balaban J connectivity index is 1.79. The highest BCUT2D eigenvalue weighted by Gasteiger charge is 2.69. The lowest BCUT2D eigenvalue weighted by Gasteiger charge is -2.48. The van der Waals surface area contributed by atoms with Crippen molar-refractivity contribution in [1.82, 2.24) is 4.90 Å². The number of nitrogens with two attached hydrogens (primary N) is 1. The van der Waals surface area contributed by atoms with Crippen LogP contribution in [-0.4, -0.2) is 31.7 Å². The van der Waals surface area contributed by atoms with Gasteiger partial charge in [-0.3, -0.25) is 9.59 Å². The molecule has 2 aliphatic rings. The predicted octanol–water partition coefficient (Wildman–Crippen LogP) is 2.43. The molecule has 0 radical (unpaired) electrons. The summed E-state index contributed by atoms with van der Waals surface area (Å²) in [6.07, 6.45) is 0. The zero-order chi connectivity index (χ0) is 16.1. The summed E-state index contributed by atoms with van der Waals surface area (Å²) in [5, 5.41) is -0.106. The van der Waals surface area contributed by atoms with E-state index in [1.54, 1.807) is 16.7 Å². The van der Waals surface area contributed by atoms with E-state index in [4.69, 9.17) is 5.73 Å². The van der Waals surface area contributed by atoms with Gasteiger partial charge in [0.2, 0.25) is 11.0 Å². The number of benzene rings is 1. The number of hydrogen-bond donors (Lipinski definition) is 1. The van der Waals surface area contributed by atoms with Crippen molar-refractivity contribution in [3.05, 3.63) is 35.9 Å². The average molecular weight is 336 g/mol. The molecule has 2 N–H and O–H groups in total. The Morgan fingerprint density at radius 2 is 2.00 bits per heavy atom. The van der Waals surface area contributed by atoms with Gasteiger partial charge in [0.05, 0.1) is 16.0 Å². The molecule has 0 saturated carbocycles. The van der Waals surface area contributed by atoms with E-state index in [9.17, 15) is 9.59 Å². The smallest absolute Gasteiger partial charge is 0.231 e. The monoisotopic (exact) mass is 336 g/mol. The molecule has 118 valence electrons. The molecule has 0 unspecified atom stereocenters. The minimum absolute atomic E-state index is 0.0146. The highest BCUT2D eigenvalue weighted by molar-refractivity contribution is 8.13. The second-order valence-electron chi connectivity index (χ2n) is 6.34. The molecule has 2 saturated heterocycles. The van der Waals surface area contributed by atoms with Gasteiger partial charge in [-0.15, -0.1) is 11.8 Å². The molecular formula is C16H20N2O2S2. The first kappa shape index (κ1) is 15.9. The standard InChI is InChI=1S/C16H20N2O2S2/c1-10-12(19)18-13(10)22-15(2,3)16(18,17)14(20)21-9-11-7-5-4-6-8-11/h4-8,10,13H,9,17H2,1-3H3/t10-,13+,16-/m0/s1. The van der Waals surface area contributed by atoms with Crippen LogP contribution in [0.5, 0.6) is 0 Å². The van der Waals surface area contributed by atoms with Gasteiger partial charge in [0, 0.05) is 5.75 Å². The maximum Gasteiger partial charge on any atom is 0.231 e. The maximum absolute atomic E-state index is 12.8. The van der Waals surface area contributed by atoms with Crippen LogP contribution in [0.1, 0.15) is 26.3 Å². The van der Waals surface area contributed by atoms with E-state index in [2.05, 4.69) is 0 Å². The van der Waals surface area contributed by atoms with Gasteiger partial charge >= 0.3 is 0 Å². The fraction of sp³-hybridized carbons (Fsp3) is 0.500. The third kappa shape index (κ3) is 2.12. The molecule has 6 heteroatoms. The van der Waals surface area contributed by atoms with Crippen molar-refractivity contribution in [3.63, 3.8) is 0 Å². The lowest BCUT2D eigenvalue weighted by molar-refractivity contribution is -0.161. The van der Waals surface area contributed by atoms with E-state index in [0.29, 0.717) is 5.75 Å². The zero-order valence-electron chi connectivity index (χ0n) is 12.9. The summed E-state index contributed by atoms with van der Waals surface area (Å²) in [5.74, 6) is 0.502. The van der Waals surface area contributed by atoms with Crippen molar-refractivity contribution in [2.75, 3.05) is 0 Å². The minimum Gasteiger partial charge on any atom is -0.302 e.